The summed E-state index contributed by atoms with van der Waals surface area (Å²) in [7, 11) is -1.68. The van der Waals surface area contributed by atoms with Crippen LogP contribution < -0.4 is 10.1 Å². The molecule has 0 spiro atoms. The Balaban J connectivity index is 1.96. The number of nitrogens with zero attached hydrogens (tertiary/aromatic N) is 1. The zero-order valence-corrected chi connectivity index (χ0v) is 14.4. The predicted molar refractivity (Wildman–Crippen MR) is 86.1 cm³/mol. The molecule has 122 valence electrons. The van der Waals surface area contributed by atoms with Crippen LogP contribution >= 0.6 is 11.6 Å². The number of nitrogens with one attached hydrogen (secondary N) is 1. The molecule has 0 saturated carbocycles. The van der Waals surface area contributed by atoms with Crippen molar-refractivity contribution in [3.05, 3.63) is 22.7 Å². The Morgan fingerprint density at radius 2 is 2.23 bits per heavy atom. The van der Waals surface area contributed by atoms with E-state index in [9.17, 15) is 8.42 Å². The number of sulfonamides is 1. The van der Waals surface area contributed by atoms with Gasteiger partial charge in [-0.05, 0) is 38.9 Å². The molecule has 1 N–H and O–H groups in total. The van der Waals surface area contributed by atoms with Gasteiger partial charge < -0.3 is 10.1 Å². The summed E-state index contributed by atoms with van der Waals surface area (Å²) in [5, 5.41) is 3.45. The highest BCUT2D eigenvalue weighted by Gasteiger charge is 2.36. The molecular formula is C15H21ClN2O3S. The molecule has 0 amide bonds. The van der Waals surface area contributed by atoms with Crippen molar-refractivity contribution in [3.63, 3.8) is 0 Å². The zero-order valence-electron chi connectivity index (χ0n) is 12.8. The van der Waals surface area contributed by atoms with E-state index in [4.69, 9.17) is 16.3 Å². The molecule has 7 heteroatoms. The summed E-state index contributed by atoms with van der Waals surface area (Å²) in [6, 6.07) is 3.24. The van der Waals surface area contributed by atoms with E-state index in [0.29, 0.717) is 30.3 Å². The van der Waals surface area contributed by atoms with Gasteiger partial charge in [0.1, 0.15) is 11.9 Å². The zero-order chi connectivity index (χ0) is 15.9. The van der Waals surface area contributed by atoms with Crippen LogP contribution in [0.4, 0.5) is 0 Å². The minimum atomic E-state index is -3.52. The average molecular weight is 345 g/mol. The van der Waals surface area contributed by atoms with Crippen molar-refractivity contribution in [1.82, 2.24) is 9.62 Å². The second-order valence-electron chi connectivity index (χ2n) is 6.00. The average Bonchev–Trinajstić information content (AvgIpc) is 3.05. The maximum Gasteiger partial charge on any atom is 0.243 e. The second kappa shape index (κ2) is 6.00. The molecule has 0 bridgehead atoms. The normalized spacial score (nSPS) is 25.2. The Bertz CT molecular complexity index is 678. The third-order valence-corrected chi connectivity index (χ3v) is 6.50. The molecule has 0 aromatic heterocycles. The van der Waals surface area contributed by atoms with Gasteiger partial charge in [0, 0.05) is 31.1 Å². The lowest BCUT2D eigenvalue weighted by molar-refractivity contribution is 0.255. The fourth-order valence-electron chi connectivity index (χ4n) is 3.31. The Hall–Kier alpha value is -0.820. The summed E-state index contributed by atoms with van der Waals surface area (Å²) >= 11 is 6.23. The fraction of sp³-hybridized carbons (Fsp3) is 0.600. The molecule has 1 aromatic rings. The Labute approximate surface area is 136 Å². The van der Waals surface area contributed by atoms with Gasteiger partial charge in [0.15, 0.2) is 0 Å². The standard InChI is InChI=1S/C15H21ClN2O3S/c1-10-6-11-7-13(8-14(16)15(11)21-10)22(19,20)18-5-3-4-12(18)9-17-2/h7-8,10,12,17H,3-6,9H2,1-2H3. The van der Waals surface area contributed by atoms with E-state index in [2.05, 4.69) is 5.32 Å². The molecule has 1 aromatic carbocycles. The summed E-state index contributed by atoms with van der Waals surface area (Å²) in [6.45, 7) is 3.18. The predicted octanol–water partition coefficient (Wildman–Crippen LogP) is 2.04. The van der Waals surface area contributed by atoms with Crippen molar-refractivity contribution in [2.45, 2.75) is 43.2 Å². The topological polar surface area (TPSA) is 58.6 Å². The number of benzene rings is 1. The molecule has 2 unspecified atom stereocenters. The van der Waals surface area contributed by atoms with E-state index in [-0.39, 0.29) is 17.0 Å². The van der Waals surface area contributed by atoms with E-state index in [0.717, 1.165) is 18.4 Å². The molecule has 1 fully saturated rings. The van der Waals surface area contributed by atoms with Gasteiger partial charge in [-0.15, -0.1) is 0 Å². The fourth-order valence-corrected chi connectivity index (χ4v) is 5.43. The van der Waals surface area contributed by atoms with Crippen LogP contribution in [-0.2, 0) is 16.4 Å². The van der Waals surface area contributed by atoms with Crippen LogP contribution in [0.2, 0.25) is 5.02 Å². The molecule has 2 atom stereocenters. The number of rotatable bonds is 4. The minimum absolute atomic E-state index is 0.0113. The lowest BCUT2D eigenvalue weighted by Crippen LogP contribution is -2.40. The highest BCUT2D eigenvalue weighted by atomic mass is 35.5. The first-order valence-electron chi connectivity index (χ1n) is 7.59. The molecule has 0 radical (unpaired) electrons. The van der Waals surface area contributed by atoms with Crippen LogP contribution in [0.5, 0.6) is 5.75 Å². The number of hydrogen-bond donors (Lipinski definition) is 1. The van der Waals surface area contributed by atoms with Crippen LogP contribution in [0.25, 0.3) is 0 Å². The van der Waals surface area contributed by atoms with E-state index >= 15 is 0 Å². The Morgan fingerprint density at radius 3 is 2.95 bits per heavy atom. The van der Waals surface area contributed by atoms with Crippen LogP contribution in [0.1, 0.15) is 25.3 Å². The largest absolute Gasteiger partial charge is 0.489 e. The third-order valence-electron chi connectivity index (χ3n) is 4.29. The summed E-state index contributed by atoms with van der Waals surface area (Å²) < 4.78 is 33.1. The molecule has 22 heavy (non-hydrogen) atoms. The molecule has 5 nitrogen and oxygen atoms in total. The monoisotopic (exact) mass is 344 g/mol. The molecule has 2 heterocycles. The summed E-state index contributed by atoms with van der Waals surface area (Å²) in [5.41, 5.74) is 0.878. The third kappa shape index (κ3) is 2.73. The first-order valence-corrected chi connectivity index (χ1v) is 9.41. The number of hydrogen-bond acceptors (Lipinski definition) is 4. The Morgan fingerprint density at radius 1 is 1.45 bits per heavy atom. The van der Waals surface area contributed by atoms with E-state index in [1.807, 2.05) is 14.0 Å². The SMILES string of the molecule is CNCC1CCCN1S(=O)(=O)c1cc(Cl)c2c(c1)CC(C)O2. The molecule has 2 aliphatic rings. The second-order valence-corrected chi connectivity index (χ2v) is 8.29. The maximum absolute atomic E-state index is 13.0. The van der Waals surface area contributed by atoms with Crippen molar-refractivity contribution in [3.8, 4) is 5.75 Å². The minimum Gasteiger partial charge on any atom is -0.489 e. The highest BCUT2D eigenvalue weighted by molar-refractivity contribution is 7.89. The van der Waals surface area contributed by atoms with Gasteiger partial charge in [0.2, 0.25) is 10.0 Å². The number of halogens is 1. The van der Waals surface area contributed by atoms with Gasteiger partial charge in [0.05, 0.1) is 9.92 Å². The summed E-state index contributed by atoms with van der Waals surface area (Å²) in [6.07, 6.45) is 2.51. The van der Waals surface area contributed by atoms with Gasteiger partial charge in [-0.2, -0.15) is 4.31 Å². The van der Waals surface area contributed by atoms with E-state index < -0.39 is 10.0 Å². The lowest BCUT2D eigenvalue weighted by Gasteiger charge is -2.24. The molecular weight excluding hydrogens is 324 g/mol. The van der Waals surface area contributed by atoms with Crippen molar-refractivity contribution in [2.24, 2.45) is 0 Å². The molecule has 1 saturated heterocycles. The van der Waals surface area contributed by atoms with Crippen molar-refractivity contribution < 1.29 is 13.2 Å². The van der Waals surface area contributed by atoms with Crippen molar-refractivity contribution >= 4 is 21.6 Å². The van der Waals surface area contributed by atoms with E-state index in [1.165, 1.54) is 6.07 Å². The Kier molecular flexibility index (Phi) is 4.38. The number of likely N-dealkylation sites (N-methyl/N-ethyl adjacent to an activating group) is 1. The van der Waals surface area contributed by atoms with Crippen LogP contribution in [-0.4, -0.2) is 45.0 Å². The maximum atomic E-state index is 13.0. The highest BCUT2D eigenvalue weighted by Crippen LogP contribution is 2.39. The first kappa shape index (κ1) is 16.1. The molecule has 0 aliphatic carbocycles. The number of ether oxygens (including phenoxy) is 1. The molecule has 2 aliphatic heterocycles. The summed E-state index contributed by atoms with van der Waals surface area (Å²) in [4.78, 5) is 0.275. The first-order chi connectivity index (χ1) is 10.4. The van der Waals surface area contributed by atoms with Gasteiger partial charge in [-0.25, -0.2) is 8.42 Å². The van der Waals surface area contributed by atoms with Gasteiger partial charge in [-0.3, -0.25) is 0 Å². The summed E-state index contributed by atoms with van der Waals surface area (Å²) in [5.74, 6) is 0.626. The quantitative estimate of drug-likeness (QED) is 0.908. The van der Waals surface area contributed by atoms with Gasteiger partial charge in [-0.1, -0.05) is 11.6 Å². The van der Waals surface area contributed by atoms with Crippen molar-refractivity contribution in [2.75, 3.05) is 20.1 Å². The van der Waals surface area contributed by atoms with Gasteiger partial charge >= 0.3 is 0 Å². The number of fused-ring (bicyclic) bond motifs is 1. The van der Waals surface area contributed by atoms with Crippen LogP contribution in [0.3, 0.4) is 0 Å². The van der Waals surface area contributed by atoms with Crippen molar-refractivity contribution in [1.29, 1.82) is 0 Å². The smallest absolute Gasteiger partial charge is 0.243 e. The lowest BCUT2D eigenvalue weighted by atomic mass is 10.1. The van der Waals surface area contributed by atoms with Gasteiger partial charge in [0.25, 0.3) is 0 Å². The molecule has 3 rings (SSSR count). The van der Waals surface area contributed by atoms with E-state index in [1.54, 1.807) is 10.4 Å². The van der Waals surface area contributed by atoms with Crippen LogP contribution in [0, 0.1) is 0 Å². The van der Waals surface area contributed by atoms with Crippen LogP contribution in [0.15, 0.2) is 17.0 Å².